The van der Waals surface area contributed by atoms with Crippen molar-refractivity contribution in [3.8, 4) is 16.9 Å². The van der Waals surface area contributed by atoms with Crippen LogP contribution in [0.5, 0.6) is 5.75 Å². The predicted octanol–water partition coefficient (Wildman–Crippen LogP) is 6.46. The summed E-state index contributed by atoms with van der Waals surface area (Å²) in [5, 5.41) is 0. The van der Waals surface area contributed by atoms with Crippen LogP contribution in [-0.4, -0.2) is 13.2 Å². The van der Waals surface area contributed by atoms with Crippen LogP contribution in [0.4, 0.5) is 8.78 Å². The first kappa shape index (κ1) is 19.6. The lowest BCUT2D eigenvalue weighted by molar-refractivity contribution is -0.0190. The van der Waals surface area contributed by atoms with E-state index in [0.29, 0.717) is 18.1 Å². The molecule has 3 rings (SSSR count). The Hall–Kier alpha value is -2.20. The fourth-order valence-electron chi connectivity index (χ4n) is 3.55. The lowest BCUT2D eigenvalue weighted by atomic mass is 9.91. The molecule has 1 saturated heterocycles. The van der Waals surface area contributed by atoms with Gasteiger partial charge < -0.3 is 9.47 Å². The van der Waals surface area contributed by atoms with E-state index in [-0.39, 0.29) is 17.4 Å². The van der Waals surface area contributed by atoms with Gasteiger partial charge >= 0.3 is 0 Å². The molecule has 0 saturated carbocycles. The monoisotopic (exact) mass is 372 g/mol. The Morgan fingerprint density at radius 2 is 1.89 bits per heavy atom. The van der Waals surface area contributed by atoms with Gasteiger partial charge in [-0.2, -0.15) is 4.39 Å². The van der Waals surface area contributed by atoms with Crippen molar-refractivity contribution in [2.75, 3.05) is 13.2 Å². The van der Waals surface area contributed by atoms with Crippen LogP contribution in [0.25, 0.3) is 11.1 Å². The summed E-state index contributed by atoms with van der Waals surface area (Å²) in [6, 6.07) is 10.6. The van der Waals surface area contributed by atoms with E-state index in [9.17, 15) is 8.78 Å². The molecule has 0 spiro atoms. The van der Waals surface area contributed by atoms with Crippen molar-refractivity contribution < 1.29 is 18.3 Å². The SMILES string of the molecule is C=CCCC1CCC(c2ccc(-c3ccc(OCC)c(F)c3F)cc2)OC1. The molecular formula is C23H26F2O2. The smallest absolute Gasteiger partial charge is 0.201 e. The first-order chi connectivity index (χ1) is 13.1. The number of halogens is 2. The fraction of sp³-hybridized carbons (Fsp3) is 0.391. The molecule has 0 bridgehead atoms. The van der Waals surface area contributed by atoms with Crippen LogP contribution in [-0.2, 0) is 4.74 Å². The van der Waals surface area contributed by atoms with Crippen molar-refractivity contribution >= 4 is 0 Å². The Kier molecular flexibility index (Phi) is 6.62. The van der Waals surface area contributed by atoms with Gasteiger partial charge in [0.15, 0.2) is 11.6 Å². The summed E-state index contributed by atoms with van der Waals surface area (Å²) >= 11 is 0. The van der Waals surface area contributed by atoms with Crippen LogP contribution in [0.1, 0.15) is 44.3 Å². The van der Waals surface area contributed by atoms with E-state index >= 15 is 0 Å². The highest BCUT2D eigenvalue weighted by molar-refractivity contribution is 5.65. The van der Waals surface area contributed by atoms with E-state index < -0.39 is 11.6 Å². The van der Waals surface area contributed by atoms with Gasteiger partial charge in [0.25, 0.3) is 0 Å². The minimum atomic E-state index is -0.945. The van der Waals surface area contributed by atoms with Gasteiger partial charge in [0.05, 0.1) is 19.3 Å². The Morgan fingerprint density at radius 1 is 1.11 bits per heavy atom. The Labute approximate surface area is 159 Å². The third-order valence-corrected chi connectivity index (χ3v) is 5.09. The largest absolute Gasteiger partial charge is 0.491 e. The highest BCUT2D eigenvalue weighted by atomic mass is 19.2. The van der Waals surface area contributed by atoms with E-state index in [2.05, 4.69) is 6.58 Å². The molecule has 0 aromatic heterocycles. The molecule has 2 aromatic carbocycles. The van der Waals surface area contributed by atoms with Crippen molar-refractivity contribution in [3.63, 3.8) is 0 Å². The Bertz CT molecular complexity index is 763. The van der Waals surface area contributed by atoms with Crippen LogP contribution in [0, 0.1) is 17.6 Å². The summed E-state index contributed by atoms with van der Waals surface area (Å²) in [5.41, 5.74) is 1.95. The maximum Gasteiger partial charge on any atom is 0.201 e. The maximum absolute atomic E-state index is 14.4. The van der Waals surface area contributed by atoms with Crippen molar-refractivity contribution in [3.05, 3.63) is 66.3 Å². The van der Waals surface area contributed by atoms with Crippen LogP contribution in [0.2, 0.25) is 0 Å². The number of rotatable bonds is 7. The molecular weight excluding hydrogens is 346 g/mol. The molecule has 0 aliphatic carbocycles. The van der Waals surface area contributed by atoms with Crippen molar-refractivity contribution in [1.82, 2.24) is 0 Å². The summed E-state index contributed by atoms with van der Waals surface area (Å²) < 4.78 is 39.6. The zero-order valence-corrected chi connectivity index (χ0v) is 15.7. The van der Waals surface area contributed by atoms with E-state index in [1.165, 1.54) is 6.07 Å². The van der Waals surface area contributed by atoms with E-state index in [1.54, 1.807) is 13.0 Å². The molecule has 0 N–H and O–H groups in total. The Balaban J connectivity index is 1.69. The number of benzene rings is 2. The van der Waals surface area contributed by atoms with Crippen molar-refractivity contribution in [1.29, 1.82) is 0 Å². The standard InChI is InChI=1S/C23H26F2O2/c1-3-5-6-16-7-13-20(27-15-16)18-10-8-17(9-11-18)19-12-14-21(26-4-2)23(25)22(19)24/h3,8-12,14,16,20H,1,4-7,13,15H2,2H3. The van der Waals surface area contributed by atoms with Gasteiger partial charge in [-0.25, -0.2) is 4.39 Å². The Morgan fingerprint density at radius 3 is 2.52 bits per heavy atom. The number of hydrogen-bond donors (Lipinski definition) is 0. The maximum atomic E-state index is 14.4. The van der Waals surface area contributed by atoms with Crippen molar-refractivity contribution in [2.45, 2.75) is 38.7 Å². The summed E-state index contributed by atoms with van der Waals surface area (Å²) in [6.45, 7) is 6.56. The second kappa shape index (κ2) is 9.14. The average Bonchev–Trinajstić information content (AvgIpc) is 2.71. The number of hydrogen-bond acceptors (Lipinski definition) is 2. The first-order valence-electron chi connectivity index (χ1n) is 9.57. The lowest BCUT2D eigenvalue weighted by Crippen LogP contribution is -2.20. The molecule has 4 heteroatoms. The van der Waals surface area contributed by atoms with Crippen LogP contribution >= 0.6 is 0 Å². The predicted molar refractivity (Wildman–Crippen MR) is 104 cm³/mol. The summed E-state index contributed by atoms with van der Waals surface area (Å²) in [6.07, 6.45) is 6.29. The molecule has 1 aliphatic rings. The lowest BCUT2D eigenvalue weighted by Gasteiger charge is -2.29. The molecule has 0 amide bonds. The molecule has 2 unspecified atom stereocenters. The molecule has 1 heterocycles. The molecule has 2 aromatic rings. The number of ether oxygens (including phenoxy) is 2. The van der Waals surface area contributed by atoms with Gasteiger partial charge in [-0.1, -0.05) is 30.3 Å². The van der Waals surface area contributed by atoms with E-state index in [1.807, 2.05) is 30.3 Å². The molecule has 2 nitrogen and oxygen atoms in total. The van der Waals surface area contributed by atoms with E-state index in [0.717, 1.165) is 37.9 Å². The molecule has 2 atom stereocenters. The molecule has 1 fully saturated rings. The zero-order chi connectivity index (χ0) is 19.2. The highest BCUT2D eigenvalue weighted by Crippen LogP contribution is 2.34. The van der Waals surface area contributed by atoms with Crippen molar-refractivity contribution in [2.24, 2.45) is 5.92 Å². The molecule has 27 heavy (non-hydrogen) atoms. The van der Waals surface area contributed by atoms with Gasteiger partial charge in [-0.05, 0) is 61.8 Å². The molecule has 1 aliphatic heterocycles. The summed E-state index contributed by atoms with van der Waals surface area (Å²) in [5.74, 6) is -1.29. The van der Waals surface area contributed by atoms with Gasteiger partial charge in [0.1, 0.15) is 0 Å². The van der Waals surface area contributed by atoms with Crippen LogP contribution in [0.15, 0.2) is 49.1 Å². The minimum Gasteiger partial charge on any atom is -0.491 e. The minimum absolute atomic E-state index is 0.0583. The first-order valence-corrected chi connectivity index (χ1v) is 9.57. The van der Waals surface area contributed by atoms with Gasteiger partial charge in [0, 0.05) is 5.56 Å². The van der Waals surface area contributed by atoms with Gasteiger partial charge in [-0.15, -0.1) is 6.58 Å². The second-order valence-corrected chi connectivity index (χ2v) is 6.93. The molecule has 144 valence electrons. The van der Waals surface area contributed by atoms with Gasteiger partial charge in [0.2, 0.25) is 5.82 Å². The topological polar surface area (TPSA) is 18.5 Å². The average molecular weight is 372 g/mol. The molecule has 0 radical (unpaired) electrons. The third kappa shape index (κ3) is 4.56. The summed E-state index contributed by atoms with van der Waals surface area (Å²) in [4.78, 5) is 0. The number of allylic oxidation sites excluding steroid dienone is 1. The van der Waals surface area contributed by atoms with E-state index in [4.69, 9.17) is 9.47 Å². The quantitative estimate of drug-likeness (QED) is 0.519. The normalized spacial score (nSPS) is 19.7. The highest BCUT2D eigenvalue weighted by Gasteiger charge is 2.23. The third-order valence-electron chi connectivity index (χ3n) is 5.09. The van der Waals surface area contributed by atoms with Crippen LogP contribution < -0.4 is 4.74 Å². The second-order valence-electron chi connectivity index (χ2n) is 6.93. The van der Waals surface area contributed by atoms with Gasteiger partial charge in [-0.3, -0.25) is 0 Å². The van der Waals surface area contributed by atoms with Crippen LogP contribution in [0.3, 0.4) is 0 Å². The fourth-order valence-corrected chi connectivity index (χ4v) is 3.55. The zero-order valence-electron chi connectivity index (χ0n) is 15.7. The summed E-state index contributed by atoms with van der Waals surface area (Å²) in [7, 11) is 0.